The molecule has 0 spiro atoms. The van der Waals surface area contributed by atoms with Crippen molar-refractivity contribution in [1.29, 1.82) is 0 Å². The molecule has 0 aromatic carbocycles. The Morgan fingerprint density at radius 2 is 2.43 bits per heavy atom. The number of carbonyl (C=O) groups is 1. The van der Waals surface area contributed by atoms with Crippen LogP contribution in [0.1, 0.15) is 13.8 Å². The fraction of sp³-hybridized carbons (Fsp3) is 0.600. The SMILES string of the molecule is CCN[C@@H]1N=C(C)C=C[C@@H]1C(=O)OC. The van der Waals surface area contributed by atoms with Gasteiger partial charge in [-0.15, -0.1) is 0 Å². The van der Waals surface area contributed by atoms with Crippen LogP contribution in [0.4, 0.5) is 0 Å². The van der Waals surface area contributed by atoms with Crippen LogP contribution in [0.3, 0.4) is 0 Å². The zero-order chi connectivity index (χ0) is 10.6. The van der Waals surface area contributed by atoms with Crippen molar-refractivity contribution in [1.82, 2.24) is 5.32 Å². The summed E-state index contributed by atoms with van der Waals surface area (Å²) in [6.45, 7) is 4.68. The normalized spacial score (nSPS) is 25.8. The Labute approximate surface area is 84.0 Å². The van der Waals surface area contributed by atoms with Gasteiger partial charge in [0.15, 0.2) is 0 Å². The summed E-state index contributed by atoms with van der Waals surface area (Å²) >= 11 is 0. The van der Waals surface area contributed by atoms with Gasteiger partial charge in [-0.05, 0) is 19.5 Å². The molecular formula is C10H16N2O2. The van der Waals surface area contributed by atoms with Crippen LogP contribution in [0, 0.1) is 5.92 Å². The van der Waals surface area contributed by atoms with Crippen LogP contribution in [-0.4, -0.2) is 31.5 Å². The zero-order valence-electron chi connectivity index (χ0n) is 8.78. The van der Waals surface area contributed by atoms with E-state index >= 15 is 0 Å². The number of allylic oxidation sites excluding steroid dienone is 1. The lowest BCUT2D eigenvalue weighted by Gasteiger charge is -2.23. The number of hydrogen-bond acceptors (Lipinski definition) is 4. The topological polar surface area (TPSA) is 50.7 Å². The number of ether oxygens (including phenoxy) is 1. The number of carbonyl (C=O) groups excluding carboxylic acids is 1. The van der Waals surface area contributed by atoms with E-state index in [4.69, 9.17) is 4.74 Å². The molecule has 0 aliphatic carbocycles. The minimum atomic E-state index is -0.302. The molecule has 1 aliphatic rings. The largest absolute Gasteiger partial charge is 0.468 e. The van der Waals surface area contributed by atoms with Crippen LogP contribution in [0.5, 0.6) is 0 Å². The summed E-state index contributed by atoms with van der Waals surface area (Å²) in [6, 6.07) is 0. The second-order valence-electron chi connectivity index (χ2n) is 3.18. The third-order valence-electron chi connectivity index (χ3n) is 2.11. The van der Waals surface area contributed by atoms with Crippen LogP contribution in [-0.2, 0) is 9.53 Å². The zero-order valence-corrected chi connectivity index (χ0v) is 8.78. The lowest BCUT2D eigenvalue weighted by molar-refractivity contribution is -0.144. The van der Waals surface area contributed by atoms with Gasteiger partial charge in [0.25, 0.3) is 0 Å². The second kappa shape index (κ2) is 4.91. The molecule has 14 heavy (non-hydrogen) atoms. The van der Waals surface area contributed by atoms with Crippen molar-refractivity contribution in [2.24, 2.45) is 10.9 Å². The van der Waals surface area contributed by atoms with Crippen molar-refractivity contribution in [2.45, 2.75) is 20.0 Å². The highest BCUT2D eigenvalue weighted by atomic mass is 16.5. The molecule has 0 aromatic rings. The van der Waals surface area contributed by atoms with Crippen LogP contribution < -0.4 is 5.32 Å². The smallest absolute Gasteiger partial charge is 0.316 e. The van der Waals surface area contributed by atoms with Gasteiger partial charge < -0.3 is 4.74 Å². The van der Waals surface area contributed by atoms with Gasteiger partial charge in [-0.3, -0.25) is 15.1 Å². The molecule has 0 saturated heterocycles. The van der Waals surface area contributed by atoms with E-state index in [0.29, 0.717) is 0 Å². The summed E-state index contributed by atoms with van der Waals surface area (Å²) < 4.78 is 4.70. The van der Waals surface area contributed by atoms with Crippen LogP contribution in [0.25, 0.3) is 0 Å². The summed E-state index contributed by atoms with van der Waals surface area (Å²) in [5.41, 5.74) is 0.927. The standard InChI is InChI=1S/C10H16N2O2/c1-4-11-9-8(10(13)14-3)6-5-7(2)12-9/h5-6,8-9,11H,4H2,1-3H3/t8-,9+/m0/s1. The lowest BCUT2D eigenvalue weighted by atomic mass is 10.0. The molecule has 2 atom stereocenters. The number of aliphatic imine (C=N–C) groups is 1. The van der Waals surface area contributed by atoms with Crippen molar-refractivity contribution < 1.29 is 9.53 Å². The van der Waals surface area contributed by atoms with Gasteiger partial charge in [-0.1, -0.05) is 13.0 Å². The van der Waals surface area contributed by atoms with E-state index in [2.05, 4.69) is 10.3 Å². The summed E-state index contributed by atoms with van der Waals surface area (Å²) in [5, 5.41) is 3.14. The summed E-state index contributed by atoms with van der Waals surface area (Å²) in [4.78, 5) is 15.7. The molecule has 0 radical (unpaired) electrons. The van der Waals surface area contributed by atoms with Gasteiger partial charge in [-0.25, -0.2) is 0 Å². The quantitative estimate of drug-likeness (QED) is 0.677. The highest BCUT2D eigenvalue weighted by Gasteiger charge is 2.27. The van der Waals surface area contributed by atoms with E-state index in [1.807, 2.05) is 26.0 Å². The number of nitrogens with zero attached hydrogens (tertiary/aromatic N) is 1. The average molecular weight is 196 g/mol. The molecule has 1 rings (SSSR count). The first-order chi connectivity index (χ1) is 6.69. The van der Waals surface area contributed by atoms with Crippen molar-refractivity contribution in [2.75, 3.05) is 13.7 Å². The van der Waals surface area contributed by atoms with Gasteiger partial charge in [0.05, 0.1) is 7.11 Å². The Kier molecular flexibility index (Phi) is 3.83. The van der Waals surface area contributed by atoms with Crippen molar-refractivity contribution in [3.63, 3.8) is 0 Å². The third-order valence-corrected chi connectivity index (χ3v) is 2.11. The van der Waals surface area contributed by atoms with E-state index in [1.165, 1.54) is 7.11 Å². The molecule has 4 nitrogen and oxygen atoms in total. The third kappa shape index (κ3) is 2.42. The molecule has 78 valence electrons. The molecule has 0 aromatic heterocycles. The molecule has 0 bridgehead atoms. The molecule has 0 amide bonds. The molecule has 1 aliphatic heterocycles. The molecule has 0 saturated carbocycles. The fourth-order valence-electron chi connectivity index (χ4n) is 1.42. The number of hydrogen-bond donors (Lipinski definition) is 1. The van der Waals surface area contributed by atoms with Gasteiger partial charge in [0, 0.05) is 5.71 Å². The lowest BCUT2D eigenvalue weighted by Crippen LogP contribution is -2.40. The number of dihydropyridines is 1. The Morgan fingerprint density at radius 3 is 3.00 bits per heavy atom. The molecule has 0 fully saturated rings. The minimum Gasteiger partial charge on any atom is -0.468 e. The van der Waals surface area contributed by atoms with Crippen LogP contribution in [0.2, 0.25) is 0 Å². The number of rotatable bonds is 3. The van der Waals surface area contributed by atoms with Gasteiger partial charge in [0.1, 0.15) is 12.1 Å². The average Bonchev–Trinajstić information content (AvgIpc) is 2.17. The number of methoxy groups -OCH3 is 1. The molecule has 0 unspecified atom stereocenters. The first-order valence-electron chi connectivity index (χ1n) is 4.72. The molecular weight excluding hydrogens is 180 g/mol. The van der Waals surface area contributed by atoms with E-state index in [0.717, 1.165) is 12.3 Å². The molecule has 1 heterocycles. The molecule has 1 N–H and O–H groups in total. The van der Waals surface area contributed by atoms with Crippen molar-refractivity contribution >= 4 is 11.7 Å². The van der Waals surface area contributed by atoms with Crippen LogP contribution >= 0.6 is 0 Å². The predicted molar refractivity (Wildman–Crippen MR) is 55.2 cm³/mol. The monoisotopic (exact) mass is 196 g/mol. The van der Waals surface area contributed by atoms with Gasteiger partial charge in [-0.2, -0.15) is 0 Å². The first-order valence-corrected chi connectivity index (χ1v) is 4.72. The minimum absolute atomic E-state index is 0.183. The number of esters is 1. The van der Waals surface area contributed by atoms with Crippen molar-refractivity contribution in [3.8, 4) is 0 Å². The maximum Gasteiger partial charge on any atom is 0.316 e. The Morgan fingerprint density at radius 1 is 1.71 bits per heavy atom. The summed E-state index contributed by atoms with van der Waals surface area (Å²) in [6.07, 6.45) is 3.49. The Bertz CT molecular complexity index is 271. The maximum absolute atomic E-state index is 11.4. The van der Waals surface area contributed by atoms with Crippen molar-refractivity contribution in [3.05, 3.63) is 12.2 Å². The fourth-order valence-corrected chi connectivity index (χ4v) is 1.42. The predicted octanol–water partition coefficient (Wildman–Crippen LogP) is 0.742. The summed E-state index contributed by atoms with van der Waals surface area (Å²) in [5.74, 6) is -0.549. The summed E-state index contributed by atoms with van der Waals surface area (Å²) in [7, 11) is 1.39. The van der Waals surface area contributed by atoms with E-state index in [9.17, 15) is 4.79 Å². The van der Waals surface area contributed by atoms with E-state index in [1.54, 1.807) is 0 Å². The maximum atomic E-state index is 11.4. The second-order valence-corrected chi connectivity index (χ2v) is 3.18. The first kappa shape index (κ1) is 10.9. The van der Waals surface area contributed by atoms with E-state index in [-0.39, 0.29) is 18.1 Å². The van der Waals surface area contributed by atoms with Gasteiger partial charge in [0.2, 0.25) is 0 Å². The van der Waals surface area contributed by atoms with Crippen LogP contribution in [0.15, 0.2) is 17.1 Å². The van der Waals surface area contributed by atoms with E-state index < -0.39 is 0 Å². The highest BCUT2D eigenvalue weighted by molar-refractivity contribution is 5.95. The van der Waals surface area contributed by atoms with Gasteiger partial charge >= 0.3 is 5.97 Å². The Hall–Kier alpha value is -1.16. The highest BCUT2D eigenvalue weighted by Crippen LogP contribution is 2.14. The number of nitrogens with one attached hydrogen (secondary N) is 1. The molecule has 4 heteroatoms. The Balaban J connectivity index is 2.75.